The van der Waals surface area contributed by atoms with Crippen molar-refractivity contribution in [2.75, 3.05) is 19.4 Å². The highest BCUT2D eigenvalue weighted by Crippen LogP contribution is 2.17. The van der Waals surface area contributed by atoms with Gasteiger partial charge in [0.05, 0.1) is 10.6 Å². The molecule has 96 valence electrons. The summed E-state index contributed by atoms with van der Waals surface area (Å²) in [5.74, 6) is 0.454. The van der Waals surface area contributed by atoms with Gasteiger partial charge in [-0.25, -0.2) is 0 Å². The van der Waals surface area contributed by atoms with Crippen molar-refractivity contribution in [2.24, 2.45) is 0 Å². The molecule has 0 saturated heterocycles. The van der Waals surface area contributed by atoms with E-state index in [1.807, 2.05) is 43.4 Å². The van der Waals surface area contributed by atoms with Crippen molar-refractivity contribution in [2.45, 2.75) is 13.5 Å². The van der Waals surface area contributed by atoms with Crippen LogP contribution >= 0.6 is 11.3 Å². The zero-order chi connectivity index (χ0) is 13.1. The first-order valence-corrected chi connectivity index (χ1v) is 6.48. The van der Waals surface area contributed by atoms with Gasteiger partial charge in [0, 0.05) is 12.6 Å². The van der Waals surface area contributed by atoms with Gasteiger partial charge in [-0.3, -0.25) is 9.89 Å². The van der Waals surface area contributed by atoms with Crippen LogP contribution in [0.3, 0.4) is 0 Å². The van der Waals surface area contributed by atoms with Crippen LogP contribution in [0.25, 0.3) is 0 Å². The van der Waals surface area contributed by atoms with Gasteiger partial charge < -0.3 is 10.2 Å². The summed E-state index contributed by atoms with van der Waals surface area (Å²) >= 11 is 1.44. The number of rotatable bonds is 4. The maximum Gasteiger partial charge on any atom is 0.267 e. The van der Waals surface area contributed by atoms with Crippen LogP contribution in [0, 0.1) is 6.92 Å². The number of aromatic amines is 1. The Morgan fingerprint density at radius 2 is 2.33 bits per heavy atom. The Labute approximate surface area is 110 Å². The number of aromatic nitrogens is 2. The van der Waals surface area contributed by atoms with E-state index in [0.29, 0.717) is 5.82 Å². The fraction of sp³-hybridized carbons (Fsp3) is 0.333. The SMILES string of the molecule is Cc1ccsc1C(=O)Nc1cc(CN(C)C)[nH]n1. The topological polar surface area (TPSA) is 61.0 Å². The molecule has 2 rings (SSSR count). The van der Waals surface area contributed by atoms with Crippen molar-refractivity contribution in [3.8, 4) is 0 Å². The molecular weight excluding hydrogens is 248 g/mol. The van der Waals surface area contributed by atoms with E-state index >= 15 is 0 Å². The lowest BCUT2D eigenvalue weighted by Crippen LogP contribution is -2.11. The average Bonchev–Trinajstić information content (AvgIpc) is 2.87. The Bertz CT molecular complexity index is 544. The molecular formula is C12H16N4OS. The van der Waals surface area contributed by atoms with Gasteiger partial charge in [0.1, 0.15) is 0 Å². The molecule has 0 atom stereocenters. The second-order valence-electron chi connectivity index (χ2n) is 4.40. The molecule has 0 unspecified atom stereocenters. The molecule has 2 heterocycles. The van der Waals surface area contributed by atoms with E-state index in [2.05, 4.69) is 15.5 Å². The maximum absolute atomic E-state index is 12.0. The molecule has 18 heavy (non-hydrogen) atoms. The Balaban J connectivity index is 2.04. The maximum atomic E-state index is 12.0. The Hall–Kier alpha value is -1.66. The third kappa shape index (κ3) is 2.96. The van der Waals surface area contributed by atoms with Crippen molar-refractivity contribution in [1.29, 1.82) is 0 Å². The lowest BCUT2D eigenvalue weighted by Gasteiger charge is -2.05. The number of hydrogen-bond donors (Lipinski definition) is 2. The minimum Gasteiger partial charge on any atom is -0.304 e. The monoisotopic (exact) mass is 264 g/mol. The number of hydrogen-bond acceptors (Lipinski definition) is 4. The van der Waals surface area contributed by atoms with Crippen LogP contribution in [-0.4, -0.2) is 35.1 Å². The predicted octanol–water partition coefficient (Wildman–Crippen LogP) is 2.09. The van der Waals surface area contributed by atoms with Crippen LogP contribution in [0.1, 0.15) is 20.9 Å². The summed E-state index contributed by atoms with van der Waals surface area (Å²) in [6.07, 6.45) is 0. The van der Waals surface area contributed by atoms with E-state index in [-0.39, 0.29) is 5.91 Å². The van der Waals surface area contributed by atoms with E-state index < -0.39 is 0 Å². The quantitative estimate of drug-likeness (QED) is 0.889. The number of carbonyl (C=O) groups is 1. The van der Waals surface area contributed by atoms with E-state index in [1.54, 1.807) is 0 Å². The lowest BCUT2D eigenvalue weighted by molar-refractivity contribution is 0.102. The molecule has 0 spiro atoms. The summed E-state index contributed by atoms with van der Waals surface area (Å²) in [5, 5.41) is 11.7. The van der Waals surface area contributed by atoms with Gasteiger partial charge in [-0.15, -0.1) is 11.3 Å². The standard InChI is InChI=1S/C12H16N4OS/c1-8-4-5-18-11(8)12(17)13-10-6-9(14-15-10)7-16(2)3/h4-6H,7H2,1-3H3,(H2,13,14,15,17). The van der Waals surface area contributed by atoms with Gasteiger partial charge >= 0.3 is 0 Å². The minimum absolute atomic E-state index is 0.106. The first-order valence-electron chi connectivity index (χ1n) is 5.60. The minimum atomic E-state index is -0.106. The number of nitrogens with zero attached hydrogens (tertiary/aromatic N) is 2. The van der Waals surface area contributed by atoms with Gasteiger partial charge in [0.2, 0.25) is 0 Å². The molecule has 5 nitrogen and oxygen atoms in total. The molecule has 1 amide bonds. The van der Waals surface area contributed by atoms with Crippen LogP contribution in [-0.2, 0) is 6.54 Å². The van der Waals surface area contributed by atoms with E-state index in [9.17, 15) is 4.79 Å². The molecule has 2 N–H and O–H groups in total. The average molecular weight is 264 g/mol. The summed E-state index contributed by atoms with van der Waals surface area (Å²) in [5.41, 5.74) is 1.96. The summed E-state index contributed by atoms with van der Waals surface area (Å²) in [6, 6.07) is 3.78. The normalized spacial score (nSPS) is 10.9. The number of aryl methyl sites for hydroxylation is 1. The second kappa shape index (κ2) is 5.32. The van der Waals surface area contributed by atoms with Crippen LogP contribution in [0.4, 0.5) is 5.82 Å². The lowest BCUT2D eigenvalue weighted by atomic mass is 10.3. The molecule has 2 aromatic rings. The molecule has 0 aliphatic rings. The smallest absolute Gasteiger partial charge is 0.267 e. The third-order valence-electron chi connectivity index (χ3n) is 2.43. The molecule has 6 heteroatoms. The fourth-order valence-electron chi connectivity index (χ4n) is 1.63. The predicted molar refractivity (Wildman–Crippen MR) is 73.0 cm³/mol. The van der Waals surface area contributed by atoms with Gasteiger partial charge in [-0.1, -0.05) is 0 Å². The van der Waals surface area contributed by atoms with E-state index in [4.69, 9.17) is 0 Å². The van der Waals surface area contributed by atoms with E-state index in [0.717, 1.165) is 22.7 Å². The number of H-pyrrole nitrogens is 1. The van der Waals surface area contributed by atoms with E-state index in [1.165, 1.54) is 11.3 Å². The zero-order valence-corrected chi connectivity index (χ0v) is 11.5. The number of nitrogens with one attached hydrogen (secondary N) is 2. The molecule has 0 aliphatic heterocycles. The largest absolute Gasteiger partial charge is 0.304 e. The first-order chi connectivity index (χ1) is 8.56. The van der Waals surface area contributed by atoms with Gasteiger partial charge in [-0.2, -0.15) is 5.10 Å². The zero-order valence-electron chi connectivity index (χ0n) is 10.7. The van der Waals surface area contributed by atoms with Crippen molar-refractivity contribution in [1.82, 2.24) is 15.1 Å². The molecule has 0 fully saturated rings. The van der Waals surface area contributed by atoms with Crippen LogP contribution in [0.15, 0.2) is 17.5 Å². The van der Waals surface area contributed by atoms with Crippen molar-refractivity contribution in [3.05, 3.63) is 33.6 Å². The number of anilines is 1. The second-order valence-corrected chi connectivity index (χ2v) is 5.32. The highest BCUT2D eigenvalue weighted by molar-refractivity contribution is 7.12. The molecule has 0 aliphatic carbocycles. The number of carbonyl (C=O) groups excluding carboxylic acids is 1. The van der Waals surface area contributed by atoms with Gasteiger partial charge in [0.25, 0.3) is 5.91 Å². The highest BCUT2D eigenvalue weighted by Gasteiger charge is 2.12. The van der Waals surface area contributed by atoms with Gasteiger partial charge in [-0.05, 0) is 38.0 Å². The third-order valence-corrected chi connectivity index (χ3v) is 3.44. The molecule has 0 saturated carbocycles. The van der Waals surface area contributed by atoms with Crippen LogP contribution < -0.4 is 5.32 Å². The Morgan fingerprint density at radius 3 is 2.94 bits per heavy atom. The number of thiophene rings is 1. The molecule has 0 aromatic carbocycles. The van der Waals surface area contributed by atoms with Crippen LogP contribution in [0.5, 0.6) is 0 Å². The molecule has 0 radical (unpaired) electrons. The first kappa shape index (κ1) is 12.8. The van der Waals surface area contributed by atoms with Crippen molar-refractivity contribution in [3.63, 3.8) is 0 Å². The molecule has 0 bridgehead atoms. The summed E-state index contributed by atoms with van der Waals surface area (Å²) in [6.45, 7) is 2.69. The fourth-order valence-corrected chi connectivity index (χ4v) is 2.45. The summed E-state index contributed by atoms with van der Waals surface area (Å²) in [4.78, 5) is 14.7. The number of amides is 1. The Morgan fingerprint density at radius 1 is 1.56 bits per heavy atom. The molecule has 2 aromatic heterocycles. The van der Waals surface area contributed by atoms with Crippen molar-refractivity contribution < 1.29 is 4.79 Å². The summed E-state index contributed by atoms with van der Waals surface area (Å²) in [7, 11) is 3.96. The Kier molecular flexibility index (Phi) is 3.78. The van der Waals surface area contributed by atoms with Gasteiger partial charge in [0.15, 0.2) is 5.82 Å². The summed E-state index contributed by atoms with van der Waals surface area (Å²) < 4.78 is 0. The van der Waals surface area contributed by atoms with Crippen LogP contribution in [0.2, 0.25) is 0 Å². The highest BCUT2D eigenvalue weighted by atomic mass is 32.1. The van der Waals surface area contributed by atoms with Crippen molar-refractivity contribution >= 4 is 23.1 Å².